The highest BCUT2D eigenvalue weighted by molar-refractivity contribution is 5.83. The van der Waals surface area contributed by atoms with Crippen LogP contribution in [-0.2, 0) is 0 Å². The Morgan fingerprint density at radius 2 is 2.00 bits per heavy atom. The van der Waals surface area contributed by atoms with E-state index in [4.69, 9.17) is 16.2 Å². The van der Waals surface area contributed by atoms with Crippen molar-refractivity contribution < 1.29 is 9.84 Å². The van der Waals surface area contributed by atoms with E-state index in [1.807, 2.05) is 6.92 Å². The third-order valence-electron chi connectivity index (χ3n) is 3.17. The summed E-state index contributed by atoms with van der Waals surface area (Å²) in [5.41, 5.74) is 12.6. The Balaban J connectivity index is 2.41. The molecule has 2 aromatic heterocycles. The lowest BCUT2D eigenvalue weighted by atomic mass is 10.3. The molecule has 8 heteroatoms. The summed E-state index contributed by atoms with van der Waals surface area (Å²) in [5.74, 6) is 0.171. The highest BCUT2D eigenvalue weighted by Gasteiger charge is 2.20. The molecular weight excluding hydrogens is 272 g/mol. The van der Waals surface area contributed by atoms with E-state index in [1.165, 1.54) is 4.57 Å². The van der Waals surface area contributed by atoms with Crippen molar-refractivity contribution in [2.45, 2.75) is 45.7 Å². The van der Waals surface area contributed by atoms with Crippen LogP contribution in [0.3, 0.4) is 0 Å². The number of hydrogen-bond donors (Lipinski definition) is 3. The van der Waals surface area contributed by atoms with Crippen LogP contribution >= 0.6 is 0 Å². The fraction of sp³-hybridized carbons (Fsp3) is 0.615. The van der Waals surface area contributed by atoms with Crippen molar-refractivity contribution >= 4 is 17.0 Å². The van der Waals surface area contributed by atoms with E-state index in [1.54, 1.807) is 0 Å². The maximum atomic E-state index is 9.97. The van der Waals surface area contributed by atoms with Gasteiger partial charge in [0.1, 0.15) is 0 Å². The van der Waals surface area contributed by atoms with Crippen LogP contribution in [0.25, 0.3) is 11.2 Å². The molecule has 8 nitrogen and oxygen atoms in total. The molecule has 21 heavy (non-hydrogen) atoms. The molecule has 0 aliphatic rings. The van der Waals surface area contributed by atoms with Crippen molar-refractivity contribution in [3.8, 4) is 12.0 Å². The fourth-order valence-electron chi connectivity index (χ4n) is 2.07. The molecule has 1 atom stereocenters. The van der Waals surface area contributed by atoms with Crippen LogP contribution in [0.5, 0.6) is 12.0 Å². The van der Waals surface area contributed by atoms with Crippen molar-refractivity contribution in [2.75, 3.05) is 12.3 Å². The molecular formula is C13H22N6O2. The van der Waals surface area contributed by atoms with E-state index in [0.717, 1.165) is 19.3 Å². The predicted octanol–water partition coefficient (Wildman–Crippen LogP) is 1.55. The smallest absolute Gasteiger partial charge is 0.320 e. The summed E-state index contributed by atoms with van der Waals surface area (Å²) in [6, 6.07) is -0.0315. The average molecular weight is 294 g/mol. The summed E-state index contributed by atoms with van der Waals surface area (Å²) in [7, 11) is 0. The van der Waals surface area contributed by atoms with Gasteiger partial charge in [0, 0.05) is 0 Å². The number of aromatic hydroxyl groups is 1. The molecule has 0 aliphatic heterocycles. The zero-order chi connectivity index (χ0) is 15.4. The molecule has 116 valence electrons. The first-order valence-corrected chi connectivity index (χ1v) is 7.21. The number of anilines is 1. The van der Waals surface area contributed by atoms with Crippen LogP contribution in [-0.4, -0.2) is 31.2 Å². The molecule has 0 spiro atoms. The van der Waals surface area contributed by atoms with Crippen molar-refractivity contribution in [3.05, 3.63) is 0 Å². The van der Waals surface area contributed by atoms with Crippen LogP contribution in [0, 0.1) is 0 Å². The van der Waals surface area contributed by atoms with Gasteiger partial charge in [-0.25, -0.2) is 0 Å². The molecule has 2 heterocycles. The van der Waals surface area contributed by atoms with Gasteiger partial charge in [0.15, 0.2) is 17.0 Å². The summed E-state index contributed by atoms with van der Waals surface area (Å²) in [4.78, 5) is 12.3. The second-order valence-electron chi connectivity index (χ2n) is 4.90. The molecule has 2 aromatic rings. The zero-order valence-corrected chi connectivity index (χ0v) is 12.4. The largest absolute Gasteiger partial charge is 0.480 e. The number of nitrogen functional groups attached to an aromatic ring is 1. The molecule has 0 radical (unpaired) electrons. The Labute approximate surface area is 123 Å². The quantitative estimate of drug-likeness (QED) is 0.661. The predicted molar refractivity (Wildman–Crippen MR) is 79.9 cm³/mol. The highest BCUT2D eigenvalue weighted by Crippen LogP contribution is 2.27. The monoisotopic (exact) mass is 294 g/mol. The molecule has 0 bridgehead atoms. The number of fused-ring (bicyclic) bond motifs is 1. The highest BCUT2D eigenvalue weighted by atomic mass is 16.5. The second kappa shape index (κ2) is 6.57. The second-order valence-corrected chi connectivity index (χ2v) is 4.90. The summed E-state index contributed by atoms with van der Waals surface area (Å²) < 4.78 is 6.94. The summed E-state index contributed by atoms with van der Waals surface area (Å²) in [6.07, 6.45) is 3.06. The minimum absolute atomic E-state index is 0.171. The van der Waals surface area contributed by atoms with Gasteiger partial charge in [-0.15, -0.1) is 0 Å². The number of ether oxygens (including phenoxy) is 1. The summed E-state index contributed by atoms with van der Waals surface area (Å²) in [6.45, 7) is 4.60. The Morgan fingerprint density at radius 3 is 2.67 bits per heavy atom. The first-order valence-electron chi connectivity index (χ1n) is 7.21. The van der Waals surface area contributed by atoms with E-state index in [-0.39, 0.29) is 17.8 Å². The van der Waals surface area contributed by atoms with Crippen LogP contribution in [0.1, 0.15) is 45.7 Å². The third kappa shape index (κ3) is 3.15. The van der Waals surface area contributed by atoms with Crippen molar-refractivity contribution in [2.24, 2.45) is 5.73 Å². The molecule has 0 aliphatic carbocycles. The number of nitrogens with zero attached hydrogens (tertiary/aromatic N) is 4. The zero-order valence-electron chi connectivity index (χ0n) is 12.4. The van der Waals surface area contributed by atoms with Gasteiger partial charge < -0.3 is 21.3 Å². The van der Waals surface area contributed by atoms with Crippen molar-refractivity contribution in [1.29, 1.82) is 0 Å². The lowest BCUT2D eigenvalue weighted by molar-refractivity contribution is 0.286. The van der Waals surface area contributed by atoms with Crippen molar-refractivity contribution in [1.82, 2.24) is 19.5 Å². The van der Waals surface area contributed by atoms with E-state index in [9.17, 15) is 5.11 Å². The molecule has 0 saturated carbocycles. The minimum Gasteiger partial charge on any atom is -0.480 e. The van der Waals surface area contributed by atoms with Gasteiger partial charge >= 0.3 is 6.01 Å². The third-order valence-corrected chi connectivity index (χ3v) is 3.17. The van der Waals surface area contributed by atoms with Crippen LogP contribution in [0.2, 0.25) is 0 Å². The standard InChI is InChI=1S/C13H22N6O2/c1-3-5-7-21-12-17-10(15)9-11(18-12)19(13(20)16-9)8(14)6-4-2/h8H,3-7,14H2,1-2H3,(H,16,20)(H2,15,17,18). The minimum atomic E-state index is -0.419. The van der Waals surface area contributed by atoms with E-state index >= 15 is 0 Å². The van der Waals surface area contributed by atoms with Gasteiger partial charge in [0.25, 0.3) is 6.01 Å². The maximum absolute atomic E-state index is 9.97. The number of unbranched alkanes of at least 4 members (excludes halogenated alkanes) is 1. The lowest BCUT2D eigenvalue weighted by Crippen LogP contribution is -2.18. The van der Waals surface area contributed by atoms with Gasteiger partial charge in [-0.2, -0.15) is 15.0 Å². The lowest BCUT2D eigenvalue weighted by Gasteiger charge is -2.13. The number of rotatable bonds is 7. The van der Waals surface area contributed by atoms with Gasteiger partial charge in [0.2, 0.25) is 0 Å². The van der Waals surface area contributed by atoms with Crippen LogP contribution in [0.15, 0.2) is 0 Å². The summed E-state index contributed by atoms with van der Waals surface area (Å²) in [5, 5.41) is 9.97. The molecule has 0 fully saturated rings. The van der Waals surface area contributed by atoms with Gasteiger partial charge in [-0.3, -0.25) is 4.57 Å². The van der Waals surface area contributed by atoms with Crippen LogP contribution < -0.4 is 16.2 Å². The maximum Gasteiger partial charge on any atom is 0.320 e. The first-order chi connectivity index (χ1) is 10.1. The number of hydrogen-bond acceptors (Lipinski definition) is 7. The SMILES string of the molecule is CCCCOc1nc(N)c2nc(O)n(C(N)CCC)c2n1. The fourth-order valence-corrected chi connectivity index (χ4v) is 2.07. The van der Waals surface area contributed by atoms with Crippen LogP contribution in [0.4, 0.5) is 5.82 Å². The number of nitrogens with two attached hydrogens (primary N) is 2. The summed E-state index contributed by atoms with van der Waals surface area (Å²) >= 11 is 0. The Kier molecular flexibility index (Phi) is 4.79. The van der Waals surface area contributed by atoms with E-state index < -0.39 is 6.17 Å². The molecule has 0 aromatic carbocycles. The van der Waals surface area contributed by atoms with Gasteiger partial charge in [-0.1, -0.05) is 26.7 Å². The molecule has 1 unspecified atom stereocenters. The molecule has 0 saturated heterocycles. The normalized spacial score (nSPS) is 12.7. The first kappa shape index (κ1) is 15.3. The Hall–Kier alpha value is -2.09. The van der Waals surface area contributed by atoms with Gasteiger partial charge in [0.05, 0.1) is 12.8 Å². The molecule has 0 amide bonds. The molecule has 2 rings (SSSR count). The topological polar surface area (TPSA) is 125 Å². The Bertz CT molecular complexity index is 612. The molecule has 5 N–H and O–H groups in total. The number of aromatic nitrogens is 4. The number of imidazole rings is 1. The van der Waals surface area contributed by atoms with E-state index in [0.29, 0.717) is 24.2 Å². The Morgan fingerprint density at radius 1 is 1.24 bits per heavy atom. The van der Waals surface area contributed by atoms with Gasteiger partial charge in [-0.05, 0) is 12.8 Å². The average Bonchev–Trinajstić information content (AvgIpc) is 2.76. The van der Waals surface area contributed by atoms with E-state index in [2.05, 4.69) is 21.9 Å². The van der Waals surface area contributed by atoms with Crippen molar-refractivity contribution in [3.63, 3.8) is 0 Å².